The minimum atomic E-state index is -1.00. The second-order valence-corrected chi connectivity index (χ2v) is 13.8. The molecule has 0 aromatic rings. The molecule has 22 heteroatoms. The fourth-order valence-electron chi connectivity index (χ4n) is 5.83. The number of carbonyl (C=O) groups is 6. The van der Waals surface area contributed by atoms with Crippen LogP contribution in [0.1, 0.15) is 96.3 Å². The zero-order chi connectivity index (χ0) is 41.0. The molecule has 1 unspecified atom stereocenters. The van der Waals surface area contributed by atoms with E-state index < -0.39 is 29.7 Å². The average molecular weight is 1220 g/mol. The van der Waals surface area contributed by atoms with Gasteiger partial charge < -0.3 is 70.5 Å². The Bertz CT molecular complexity index is 1190. The summed E-state index contributed by atoms with van der Waals surface area (Å²) >= 11 is 0. The van der Waals surface area contributed by atoms with Gasteiger partial charge in [0.05, 0.1) is 45.7 Å². The molecule has 3 aliphatic rings. The van der Waals surface area contributed by atoms with E-state index in [1.54, 1.807) is 0 Å². The van der Waals surface area contributed by atoms with Crippen LogP contribution in [0.5, 0.6) is 0 Å². The summed E-state index contributed by atoms with van der Waals surface area (Å²) in [7, 11) is 1.25. The van der Waals surface area contributed by atoms with Crippen LogP contribution in [0.4, 0.5) is 0 Å². The van der Waals surface area contributed by atoms with Gasteiger partial charge in [-0.05, 0) is 12.8 Å². The number of ether oxygens (including phenoxy) is 3. The minimum absolute atomic E-state index is 0. The molecule has 4 amide bonds. The first-order valence-electron chi connectivity index (χ1n) is 19.3. The number of methoxy groups -OCH3 is 1. The summed E-state index contributed by atoms with van der Waals surface area (Å²) in [4.78, 5) is 79.9. The standard InChI is InChI=1S/C25H37N3O11.C7H13N.C6H12N2.3H2O.2Pt/c1-37-25(36)18(4-2-3-10-26-20(30)5-8-24(34)35)16-19(29)17-39-15-14-38-13-11-27-21(31)9-12-28-22(32)6-7-23(28)33;1-6-4-2-3-5-7(6)8;7-5-3-1-2-4-6(5)8;;;;;/h6-7,18H,2-5,8-17H2,1H3,(H,26,30)(H,27,31)(H,34,35);6-8H,1-5H2;5-8H,1-4H2;3*1H2;;/q;2*-2;;;;;+2/p+1/t;6-,7-;5-,6-;;;;;/m.11...../s1. The van der Waals surface area contributed by atoms with Crippen LogP contribution in [-0.2, 0) is 85.1 Å². The molecule has 0 aromatic heterocycles. The zero-order valence-corrected chi connectivity index (χ0v) is 39.0. The van der Waals surface area contributed by atoms with Crippen LogP contribution in [0.15, 0.2) is 12.2 Å². The van der Waals surface area contributed by atoms with E-state index in [1.807, 2.05) is 0 Å². The summed E-state index contributed by atoms with van der Waals surface area (Å²) in [6.45, 7) is 4.88. The molecule has 2 aliphatic carbocycles. The van der Waals surface area contributed by atoms with Gasteiger partial charge in [-0.25, -0.2) is 0 Å². The maximum atomic E-state index is 12.2. The number of carbonyl (C=O) groups excluding carboxylic acids is 6. The Hall–Kier alpha value is -2.51. The van der Waals surface area contributed by atoms with Gasteiger partial charge in [-0.1, -0.05) is 57.8 Å². The van der Waals surface area contributed by atoms with E-state index in [1.165, 1.54) is 39.2 Å². The van der Waals surface area contributed by atoms with Crippen molar-refractivity contribution >= 4 is 41.4 Å². The van der Waals surface area contributed by atoms with Crippen molar-refractivity contribution in [2.75, 3.05) is 53.2 Å². The Morgan fingerprint density at radius 2 is 1.38 bits per heavy atom. The average Bonchev–Trinajstić information content (AvgIpc) is 3.48. The van der Waals surface area contributed by atoms with Crippen molar-refractivity contribution in [3.63, 3.8) is 0 Å². The van der Waals surface area contributed by atoms with Gasteiger partial charge in [0.1, 0.15) is 6.61 Å². The molecular formula is C38H69N6O14Pt2-. The molecule has 2 fully saturated rings. The number of carboxylic acids is 1. The van der Waals surface area contributed by atoms with Crippen molar-refractivity contribution in [3.05, 3.63) is 36.3 Å². The summed E-state index contributed by atoms with van der Waals surface area (Å²) in [5, 5.41) is 13.9. The number of aliphatic carboxylic acids is 1. The number of hydrogen-bond acceptors (Lipinski definition) is 9. The van der Waals surface area contributed by atoms with Crippen molar-refractivity contribution in [1.82, 2.24) is 15.5 Å². The van der Waals surface area contributed by atoms with Gasteiger partial charge in [0, 0.05) is 65.7 Å². The molecule has 0 saturated heterocycles. The van der Waals surface area contributed by atoms with Gasteiger partial charge in [-0.15, -0.1) is 0 Å². The molecule has 5 atom stereocenters. The van der Waals surface area contributed by atoms with Gasteiger partial charge in [0.2, 0.25) is 5.91 Å². The number of amides is 4. The molecule has 0 aromatic carbocycles. The molecule has 2 saturated carbocycles. The number of esters is 1. The molecule has 0 bridgehead atoms. The number of nitrogens with one attached hydrogen (secondary N) is 5. The van der Waals surface area contributed by atoms with Gasteiger partial charge in [-0.2, -0.15) is 24.0 Å². The van der Waals surface area contributed by atoms with Crippen LogP contribution in [0.25, 0.3) is 17.2 Å². The zero-order valence-electron chi connectivity index (χ0n) is 34.5. The summed E-state index contributed by atoms with van der Waals surface area (Å²) in [5.74, 6) is -3.26. The van der Waals surface area contributed by atoms with Crippen LogP contribution in [0, 0.1) is 18.8 Å². The van der Waals surface area contributed by atoms with Gasteiger partial charge in [0.25, 0.3) is 11.8 Å². The first-order chi connectivity index (χ1) is 26.2. The first kappa shape index (κ1) is 66.6. The van der Waals surface area contributed by atoms with E-state index in [0.717, 1.165) is 36.3 Å². The van der Waals surface area contributed by atoms with Crippen LogP contribution in [-0.4, -0.2) is 144 Å². The van der Waals surface area contributed by atoms with Gasteiger partial charge in [-0.3, -0.25) is 38.5 Å². The van der Waals surface area contributed by atoms with Crippen molar-refractivity contribution in [2.24, 2.45) is 11.8 Å². The number of imide groups is 1. The number of rotatable bonds is 22. The van der Waals surface area contributed by atoms with Crippen molar-refractivity contribution in [2.45, 2.75) is 114 Å². The molecule has 60 heavy (non-hydrogen) atoms. The van der Waals surface area contributed by atoms with Crippen LogP contribution in [0.2, 0.25) is 0 Å². The molecule has 13 N–H and O–H groups in total. The second kappa shape index (κ2) is 40.6. The number of Topliss-reactive ketones (excluding diaryl/α,β-unsaturated/α-hetero) is 1. The summed E-state index contributed by atoms with van der Waals surface area (Å²) in [6.07, 6.45) is 12.8. The molecule has 0 spiro atoms. The topological polar surface area (TPSA) is 365 Å². The van der Waals surface area contributed by atoms with E-state index >= 15 is 0 Å². The number of hydrogen-bond donors (Lipinski definition) is 3. The van der Waals surface area contributed by atoms with Crippen LogP contribution >= 0.6 is 0 Å². The van der Waals surface area contributed by atoms with E-state index in [4.69, 9.17) is 36.5 Å². The van der Waals surface area contributed by atoms with Crippen molar-refractivity contribution in [3.8, 4) is 0 Å². The fourth-order valence-corrected chi connectivity index (χ4v) is 5.83. The number of ketones is 1. The predicted molar refractivity (Wildman–Crippen MR) is 217 cm³/mol. The largest absolute Gasteiger partial charge is 2.00 e. The smallest absolute Gasteiger partial charge is 0.677 e. The Balaban J connectivity index is -0.000000397. The maximum Gasteiger partial charge on any atom is 2.00 e. The Labute approximate surface area is 382 Å². The van der Waals surface area contributed by atoms with Crippen molar-refractivity contribution < 1.29 is 111 Å². The third-order valence-corrected chi connectivity index (χ3v) is 9.23. The van der Waals surface area contributed by atoms with Gasteiger partial charge in [0.15, 0.2) is 5.78 Å². The Morgan fingerprint density at radius 3 is 1.88 bits per heavy atom. The number of carboxylic acid groups (broad SMARTS) is 1. The number of nitrogens with zero attached hydrogens (tertiary/aromatic N) is 1. The molecule has 1 heterocycles. The number of unbranched alkanes of at least 4 members (excludes halogenated alkanes) is 1. The fraction of sp³-hybridized carbons (Fsp3) is 0.737. The Kier molecular flexibility index (Phi) is 45.0. The first-order valence-corrected chi connectivity index (χ1v) is 19.3. The van der Waals surface area contributed by atoms with E-state index in [-0.39, 0.29) is 159 Å². The van der Waals surface area contributed by atoms with Crippen molar-refractivity contribution in [1.29, 1.82) is 0 Å². The normalized spacial score (nSPS) is 19.2. The molecule has 1 aliphatic heterocycles. The van der Waals surface area contributed by atoms with Gasteiger partial charge >= 0.3 is 38.9 Å². The van der Waals surface area contributed by atoms with Crippen LogP contribution in [0.3, 0.4) is 0 Å². The third-order valence-electron chi connectivity index (χ3n) is 9.23. The SMILES string of the molecule is COC(=O)C(CCCCNC(=[OH+])CCC(=O)O)CC(=O)COCCOCCNC(=O)CCN1C(=O)C=CC1=O.O.O.O.[CH2-][C@@H]1CCCC[C@H]1[NH-].[NH-][C@@H]1CCCC[C@H]1[NH-].[Pt+2].[Pt]. The molecule has 20 nitrogen and oxygen atoms in total. The maximum absolute atomic E-state index is 12.2. The van der Waals surface area contributed by atoms with E-state index in [0.29, 0.717) is 31.7 Å². The summed E-state index contributed by atoms with van der Waals surface area (Å²) in [5.41, 5.74) is 22.0. The monoisotopic (exact) mass is 1220 g/mol. The third kappa shape index (κ3) is 32.2. The Morgan fingerprint density at radius 1 is 0.833 bits per heavy atom. The molecular weight excluding hydrogens is 1150 g/mol. The molecule has 3 rings (SSSR count). The predicted octanol–water partition coefficient (Wildman–Crippen LogP) is 1.68. The summed E-state index contributed by atoms with van der Waals surface area (Å²) < 4.78 is 15.4. The second-order valence-electron chi connectivity index (χ2n) is 13.8. The minimum Gasteiger partial charge on any atom is -0.677 e. The quantitative estimate of drug-likeness (QED) is 0.0463. The molecule has 0 radical (unpaired) electrons. The molecule has 356 valence electrons. The van der Waals surface area contributed by atoms with E-state index in [9.17, 15) is 33.6 Å². The van der Waals surface area contributed by atoms with Crippen LogP contribution < -0.4 is 10.6 Å². The summed E-state index contributed by atoms with van der Waals surface area (Å²) in [6, 6.07) is -0.0174. The van der Waals surface area contributed by atoms with E-state index in [2.05, 4.69) is 17.6 Å².